The van der Waals surface area contributed by atoms with Gasteiger partial charge in [0.1, 0.15) is 12.1 Å². The number of carboxylic acids is 1. The van der Waals surface area contributed by atoms with Gasteiger partial charge in [-0.25, -0.2) is 0 Å². The lowest BCUT2D eigenvalue weighted by atomic mass is 10.0. The first kappa shape index (κ1) is 21.2. The van der Waals surface area contributed by atoms with Crippen molar-refractivity contribution < 1.29 is 19.5 Å². The average Bonchev–Trinajstić information content (AvgIpc) is 2.93. The molecule has 2 amide bonds. The number of amides is 2. The van der Waals surface area contributed by atoms with Crippen LogP contribution in [0, 0.1) is 0 Å². The molecule has 27 heavy (non-hydrogen) atoms. The van der Waals surface area contributed by atoms with E-state index in [0.29, 0.717) is 6.54 Å². The predicted molar refractivity (Wildman–Crippen MR) is 105 cm³/mol. The van der Waals surface area contributed by atoms with Crippen LogP contribution in [0.2, 0.25) is 0 Å². The molecule has 3 atom stereocenters. The van der Waals surface area contributed by atoms with E-state index in [-0.39, 0.29) is 18.2 Å². The Labute approximate surface area is 163 Å². The van der Waals surface area contributed by atoms with Crippen LogP contribution in [0.4, 0.5) is 0 Å². The number of hydrogen-bond acceptors (Lipinski definition) is 5. The molecule has 1 aromatic carbocycles. The predicted octanol–water partition coefficient (Wildman–Crippen LogP) is 1.13. The summed E-state index contributed by atoms with van der Waals surface area (Å²) in [5.74, 6) is -1.57. The standard InChI is InChI=1S/C19H27N3O4S/c1-4-10-20-16(24)14(17-22-15(18(25)26)19(2,3)27-17)21-13(23)11-12-8-6-5-7-9-12/h5-9,14-15,17,22H,4,10-11H2,1-3H3,(H,20,24)(H,21,23)(H,25,26)/t14-,15+,17-/m1/s1. The van der Waals surface area contributed by atoms with E-state index in [2.05, 4.69) is 16.0 Å². The van der Waals surface area contributed by atoms with Crippen molar-refractivity contribution in [1.29, 1.82) is 0 Å². The Morgan fingerprint density at radius 3 is 2.48 bits per heavy atom. The summed E-state index contributed by atoms with van der Waals surface area (Å²) < 4.78 is -0.607. The third kappa shape index (κ3) is 5.71. The van der Waals surface area contributed by atoms with Crippen LogP contribution in [0.3, 0.4) is 0 Å². The fourth-order valence-electron chi connectivity index (χ4n) is 2.97. The normalized spacial score (nSPS) is 22.0. The van der Waals surface area contributed by atoms with Crippen molar-refractivity contribution >= 4 is 29.5 Å². The maximum atomic E-state index is 12.6. The van der Waals surface area contributed by atoms with Crippen LogP contribution in [0.5, 0.6) is 0 Å². The maximum Gasteiger partial charge on any atom is 0.322 e. The second-order valence-electron chi connectivity index (χ2n) is 7.08. The smallest absolute Gasteiger partial charge is 0.322 e. The van der Waals surface area contributed by atoms with Crippen molar-refractivity contribution in [3.8, 4) is 0 Å². The number of hydrogen-bond donors (Lipinski definition) is 4. The SMILES string of the molecule is CCCNC(=O)[C@@H](NC(=O)Cc1ccccc1)[C@@H]1N[C@@H](C(=O)O)C(C)(C)S1. The Morgan fingerprint density at radius 1 is 1.26 bits per heavy atom. The van der Waals surface area contributed by atoms with Gasteiger partial charge >= 0.3 is 5.97 Å². The van der Waals surface area contributed by atoms with E-state index in [1.54, 1.807) is 0 Å². The van der Waals surface area contributed by atoms with E-state index in [9.17, 15) is 19.5 Å². The molecule has 1 saturated heterocycles. The van der Waals surface area contributed by atoms with Gasteiger partial charge in [-0.3, -0.25) is 19.7 Å². The molecular weight excluding hydrogens is 366 g/mol. The van der Waals surface area contributed by atoms with E-state index < -0.39 is 28.2 Å². The molecule has 1 aromatic rings. The molecule has 0 aromatic heterocycles. The van der Waals surface area contributed by atoms with Crippen LogP contribution in [-0.4, -0.2) is 51.6 Å². The molecule has 0 bridgehead atoms. The number of rotatable bonds is 8. The summed E-state index contributed by atoms with van der Waals surface area (Å²) in [4.78, 5) is 36.7. The van der Waals surface area contributed by atoms with E-state index in [4.69, 9.17) is 0 Å². The van der Waals surface area contributed by atoms with Gasteiger partial charge in [0.2, 0.25) is 11.8 Å². The number of benzene rings is 1. The highest BCUT2D eigenvalue weighted by Crippen LogP contribution is 2.39. The van der Waals surface area contributed by atoms with E-state index in [1.807, 2.05) is 51.1 Å². The number of carbonyl (C=O) groups is 3. The van der Waals surface area contributed by atoms with Gasteiger partial charge in [0.25, 0.3) is 0 Å². The summed E-state index contributed by atoms with van der Waals surface area (Å²) in [6.07, 6.45) is 0.923. The van der Waals surface area contributed by atoms with Crippen molar-refractivity contribution in [2.24, 2.45) is 0 Å². The number of carbonyl (C=O) groups excluding carboxylic acids is 2. The highest BCUT2D eigenvalue weighted by molar-refractivity contribution is 8.01. The lowest BCUT2D eigenvalue weighted by Gasteiger charge is -2.24. The molecule has 1 aliphatic heterocycles. The molecule has 0 radical (unpaired) electrons. The topological polar surface area (TPSA) is 108 Å². The Bertz CT molecular complexity index is 681. The molecule has 4 N–H and O–H groups in total. The molecule has 1 fully saturated rings. The maximum absolute atomic E-state index is 12.6. The quantitative estimate of drug-likeness (QED) is 0.528. The lowest BCUT2D eigenvalue weighted by molar-refractivity contribution is -0.140. The summed E-state index contributed by atoms with van der Waals surface area (Å²) in [7, 11) is 0. The molecule has 2 rings (SSSR count). The lowest BCUT2D eigenvalue weighted by Crippen LogP contribution is -2.57. The molecule has 148 valence electrons. The van der Waals surface area contributed by atoms with Gasteiger partial charge in [-0.2, -0.15) is 0 Å². The minimum atomic E-state index is -0.974. The number of thioether (sulfide) groups is 1. The number of carboxylic acid groups (broad SMARTS) is 1. The van der Waals surface area contributed by atoms with E-state index >= 15 is 0 Å². The second kappa shape index (κ2) is 9.23. The minimum Gasteiger partial charge on any atom is -0.480 e. The van der Waals surface area contributed by atoms with Gasteiger partial charge in [-0.15, -0.1) is 11.8 Å². The Morgan fingerprint density at radius 2 is 1.93 bits per heavy atom. The molecule has 1 heterocycles. The van der Waals surface area contributed by atoms with Gasteiger partial charge in [0.05, 0.1) is 11.8 Å². The van der Waals surface area contributed by atoms with Crippen LogP contribution in [0.25, 0.3) is 0 Å². The summed E-state index contributed by atoms with van der Waals surface area (Å²) in [5.41, 5.74) is 0.846. The third-order valence-corrected chi connectivity index (χ3v) is 5.87. The summed E-state index contributed by atoms with van der Waals surface area (Å²) in [6.45, 7) is 6.06. The van der Waals surface area contributed by atoms with Crippen molar-refractivity contribution in [2.75, 3.05) is 6.54 Å². The second-order valence-corrected chi connectivity index (χ2v) is 8.87. The molecular formula is C19H27N3O4S. The average molecular weight is 394 g/mol. The van der Waals surface area contributed by atoms with Gasteiger partial charge in [0, 0.05) is 11.3 Å². The summed E-state index contributed by atoms with van der Waals surface area (Å²) in [5, 5.41) is 17.5. The van der Waals surface area contributed by atoms with Crippen LogP contribution >= 0.6 is 11.8 Å². The molecule has 0 spiro atoms. The zero-order valence-corrected chi connectivity index (χ0v) is 16.6. The van der Waals surface area contributed by atoms with Crippen LogP contribution in [0.1, 0.15) is 32.8 Å². The first-order valence-electron chi connectivity index (χ1n) is 9.02. The first-order valence-corrected chi connectivity index (χ1v) is 9.90. The van der Waals surface area contributed by atoms with Gasteiger partial charge in [-0.1, -0.05) is 37.3 Å². The fraction of sp³-hybridized carbons (Fsp3) is 0.526. The molecule has 0 unspecified atom stereocenters. The van der Waals surface area contributed by atoms with E-state index in [1.165, 1.54) is 11.8 Å². The highest BCUT2D eigenvalue weighted by atomic mass is 32.2. The molecule has 0 aliphatic carbocycles. The van der Waals surface area contributed by atoms with Crippen molar-refractivity contribution in [1.82, 2.24) is 16.0 Å². The molecule has 7 nitrogen and oxygen atoms in total. The van der Waals surface area contributed by atoms with Crippen LogP contribution in [-0.2, 0) is 20.8 Å². The summed E-state index contributed by atoms with van der Waals surface area (Å²) >= 11 is 1.35. The Hall–Kier alpha value is -2.06. The van der Waals surface area contributed by atoms with Crippen LogP contribution < -0.4 is 16.0 Å². The zero-order valence-electron chi connectivity index (χ0n) is 15.8. The zero-order chi connectivity index (χ0) is 20.0. The fourth-order valence-corrected chi connectivity index (χ4v) is 4.46. The van der Waals surface area contributed by atoms with Gasteiger partial charge in [-0.05, 0) is 25.8 Å². The van der Waals surface area contributed by atoms with Crippen molar-refractivity contribution in [2.45, 2.75) is 55.8 Å². The van der Waals surface area contributed by atoms with Gasteiger partial charge < -0.3 is 15.7 Å². The van der Waals surface area contributed by atoms with Crippen molar-refractivity contribution in [3.63, 3.8) is 0 Å². The third-order valence-electron chi connectivity index (χ3n) is 4.36. The number of aliphatic carboxylic acids is 1. The first-order chi connectivity index (χ1) is 12.7. The number of nitrogens with one attached hydrogen (secondary N) is 3. The minimum absolute atomic E-state index is 0.154. The monoisotopic (exact) mass is 393 g/mol. The summed E-state index contributed by atoms with van der Waals surface area (Å²) in [6, 6.07) is 7.59. The largest absolute Gasteiger partial charge is 0.480 e. The Kier molecular flexibility index (Phi) is 7.26. The Balaban J connectivity index is 2.13. The molecule has 8 heteroatoms. The molecule has 0 saturated carbocycles. The highest BCUT2D eigenvalue weighted by Gasteiger charge is 2.49. The van der Waals surface area contributed by atoms with Gasteiger partial charge in [0.15, 0.2) is 0 Å². The molecule has 1 aliphatic rings. The van der Waals surface area contributed by atoms with Crippen molar-refractivity contribution in [3.05, 3.63) is 35.9 Å². The van der Waals surface area contributed by atoms with Crippen LogP contribution in [0.15, 0.2) is 30.3 Å². The van der Waals surface area contributed by atoms with E-state index in [0.717, 1.165) is 12.0 Å².